The van der Waals surface area contributed by atoms with Crippen LogP contribution in [0, 0.1) is 0 Å². The minimum atomic E-state index is 0.0527. The van der Waals surface area contributed by atoms with E-state index in [-0.39, 0.29) is 17.6 Å². The van der Waals surface area contributed by atoms with E-state index in [0.29, 0.717) is 13.2 Å². The molecule has 0 bridgehead atoms. The fourth-order valence-electron chi connectivity index (χ4n) is 2.29. The highest BCUT2D eigenvalue weighted by Crippen LogP contribution is 2.32. The molecule has 1 saturated carbocycles. The van der Waals surface area contributed by atoms with E-state index >= 15 is 0 Å². The fourth-order valence-corrected chi connectivity index (χ4v) is 2.70. The average Bonchev–Trinajstić information content (AvgIpc) is 2.41. The lowest BCUT2D eigenvalue weighted by Crippen LogP contribution is -2.51. The van der Waals surface area contributed by atoms with Gasteiger partial charge < -0.3 is 14.2 Å². The molecular weight excluding hydrogens is 264 g/mol. The van der Waals surface area contributed by atoms with Crippen LogP contribution in [0.2, 0.25) is 0 Å². The smallest absolute Gasteiger partial charge is 0.100 e. The Morgan fingerprint density at radius 1 is 0.947 bits per heavy atom. The predicted octanol–water partition coefficient (Wildman–Crippen LogP) is 3.77. The molecule has 0 aromatic rings. The maximum absolute atomic E-state index is 6.14. The third kappa shape index (κ3) is 6.94. The van der Waals surface area contributed by atoms with Gasteiger partial charge in [-0.05, 0) is 12.8 Å². The van der Waals surface area contributed by atoms with Crippen molar-refractivity contribution in [1.29, 1.82) is 0 Å². The van der Waals surface area contributed by atoms with Crippen LogP contribution in [0.5, 0.6) is 0 Å². The molecule has 0 aromatic heterocycles. The van der Waals surface area contributed by atoms with Crippen LogP contribution in [0.1, 0.15) is 51.9 Å². The highest BCUT2D eigenvalue weighted by molar-refractivity contribution is 6.21. The molecule has 114 valence electrons. The van der Waals surface area contributed by atoms with Crippen LogP contribution in [0.4, 0.5) is 0 Å². The summed E-state index contributed by atoms with van der Waals surface area (Å²) in [6, 6.07) is 0. The SMILES string of the molecule is CCCCCCCCOC1CC(Cl)C1OCCOC. The summed E-state index contributed by atoms with van der Waals surface area (Å²) in [5.41, 5.74) is 0. The molecule has 3 unspecified atom stereocenters. The van der Waals surface area contributed by atoms with E-state index in [1.54, 1.807) is 7.11 Å². The summed E-state index contributed by atoms with van der Waals surface area (Å²) in [7, 11) is 1.68. The first-order valence-corrected chi connectivity index (χ1v) is 8.09. The zero-order valence-corrected chi connectivity index (χ0v) is 13.2. The fraction of sp³-hybridized carbons (Fsp3) is 1.00. The monoisotopic (exact) mass is 292 g/mol. The van der Waals surface area contributed by atoms with Crippen molar-refractivity contribution in [3.05, 3.63) is 0 Å². The molecule has 1 rings (SSSR count). The molecule has 4 heteroatoms. The van der Waals surface area contributed by atoms with Gasteiger partial charge >= 0.3 is 0 Å². The molecule has 1 aliphatic carbocycles. The first-order chi connectivity index (χ1) is 9.29. The molecule has 1 fully saturated rings. The Kier molecular flexibility index (Phi) is 9.88. The third-order valence-corrected chi connectivity index (χ3v) is 4.03. The molecule has 0 saturated heterocycles. The van der Waals surface area contributed by atoms with Gasteiger partial charge in [0.25, 0.3) is 0 Å². The summed E-state index contributed by atoms with van der Waals surface area (Å²) >= 11 is 6.14. The normalized spacial score (nSPS) is 26.4. The van der Waals surface area contributed by atoms with Crippen molar-refractivity contribution < 1.29 is 14.2 Å². The van der Waals surface area contributed by atoms with Crippen LogP contribution in [0.15, 0.2) is 0 Å². The molecule has 19 heavy (non-hydrogen) atoms. The van der Waals surface area contributed by atoms with E-state index in [1.165, 1.54) is 32.1 Å². The molecular formula is C15H29ClO3. The number of hydrogen-bond donors (Lipinski definition) is 0. The predicted molar refractivity (Wildman–Crippen MR) is 79.0 cm³/mol. The first kappa shape index (κ1) is 17.2. The topological polar surface area (TPSA) is 27.7 Å². The number of ether oxygens (including phenoxy) is 3. The number of methoxy groups -OCH3 is 1. The zero-order chi connectivity index (χ0) is 13.9. The minimum absolute atomic E-state index is 0.0527. The molecule has 0 spiro atoms. The minimum Gasteiger partial charge on any atom is -0.382 e. The van der Waals surface area contributed by atoms with Gasteiger partial charge in [0, 0.05) is 13.7 Å². The highest BCUT2D eigenvalue weighted by Gasteiger charge is 2.41. The second-order valence-electron chi connectivity index (χ2n) is 5.26. The lowest BCUT2D eigenvalue weighted by Gasteiger charge is -2.40. The first-order valence-electron chi connectivity index (χ1n) is 7.65. The summed E-state index contributed by atoms with van der Waals surface area (Å²) in [5, 5.41) is 0.103. The van der Waals surface area contributed by atoms with Gasteiger partial charge in [-0.25, -0.2) is 0 Å². The largest absolute Gasteiger partial charge is 0.382 e. The van der Waals surface area contributed by atoms with Crippen molar-refractivity contribution in [2.75, 3.05) is 26.9 Å². The summed E-state index contributed by atoms with van der Waals surface area (Å²) in [6.07, 6.45) is 8.91. The van der Waals surface area contributed by atoms with Crippen LogP contribution in [-0.4, -0.2) is 44.5 Å². The Labute approximate surface area is 122 Å². The van der Waals surface area contributed by atoms with E-state index in [2.05, 4.69) is 6.92 Å². The van der Waals surface area contributed by atoms with Gasteiger partial charge in [0.2, 0.25) is 0 Å². The van der Waals surface area contributed by atoms with E-state index in [4.69, 9.17) is 25.8 Å². The number of halogens is 1. The van der Waals surface area contributed by atoms with Crippen molar-refractivity contribution in [2.45, 2.75) is 69.5 Å². The molecule has 0 aliphatic heterocycles. The quantitative estimate of drug-likeness (QED) is 0.405. The van der Waals surface area contributed by atoms with Gasteiger partial charge in [0.1, 0.15) is 6.10 Å². The van der Waals surface area contributed by atoms with Gasteiger partial charge in [-0.1, -0.05) is 39.0 Å². The summed E-state index contributed by atoms with van der Waals surface area (Å²) in [4.78, 5) is 0. The van der Waals surface area contributed by atoms with Crippen LogP contribution < -0.4 is 0 Å². The lowest BCUT2D eigenvalue weighted by molar-refractivity contribution is -0.130. The van der Waals surface area contributed by atoms with E-state index in [9.17, 15) is 0 Å². The number of unbranched alkanes of at least 4 members (excludes halogenated alkanes) is 5. The third-order valence-electron chi connectivity index (χ3n) is 3.61. The van der Waals surface area contributed by atoms with Gasteiger partial charge in [-0.3, -0.25) is 0 Å². The second-order valence-corrected chi connectivity index (χ2v) is 5.82. The molecule has 3 atom stereocenters. The van der Waals surface area contributed by atoms with Gasteiger partial charge in [0.15, 0.2) is 0 Å². The maximum atomic E-state index is 6.14. The zero-order valence-electron chi connectivity index (χ0n) is 12.4. The molecule has 0 radical (unpaired) electrons. The molecule has 1 aliphatic rings. The number of hydrogen-bond acceptors (Lipinski definition) is 3. The Balaban J connectivity index is 1.96. The highest BCUT2D eigenvalue weighted by atomic mass is 35.5. The average molecular weight is 293 g/mol. The van der Waals surface area contributed by atoms with Gasteiger partial charge in [0.05, 0.1) is 24.7 Å². The number of alkyl halides is 1. The molecule has 0 heterocycles. The van der Waals surface area contributed by atoms with Crippen LogP contribution >= 0.6 is 11.6 Å². The molecule has 3 nitrogen and oxygen atoms in total. The summed E-state index contributed by atoms with van der Waals surface area (Å²) < 4.78 is 16.5. The van der Waals surface area contributed by atoms with Crippen molar-refractivity contribution in [2.24, 2.45) is 0 Å². The van der Waals surface area contributed by atoms with Crippen molar-refractivity contribution in [3.63, 3.8) is 0 Å². The Bertz CT molecular complexity index is 214. The Morgan fingerprint density at radius 2 is 1.68 bits per heavy atom. The Morgan fingerprint density at radius 3 is 2.37 bits per heavy atom. The standard InChI is InChI=1S/C15H29ClO3/c1-3-4-5-6-7-8-9-18-14-12-13(16)15(14)19-11-10-17-2/h13-15H,3-12H2,1-2H3. The Hall–Kier alpha value is 0.170. The van der Waals surface area contributed by atoms with E-state index in [0.717, 1.165) is 19.4 Å². The second kappa shape index (κ2) is 10.9. The van der Waals surface area contributed by atoms with Crippen molar-refractivity contribution in [1.82, 2.24) is 0 Å². The molecule has 0 amide bonds. The van der Waals surface area contributed by atoms with Crippen molar-refractivity contribution in [3.8, 4) is 0 Å². The van der Waals surface area contributed by atoms with E-state index < -0.39 is 0 Å². The van der Waals surface area contributed by atoms with E-state index in [1.807, 2.05) is 0 Å². The van der Waals surface area contributed by atoms with Gasteiger partial charge in [-0.15, -0.1) is 11.6 Å². The summed E-state index contributed by atoms with van der Waals surface area (Å²) in [5.74, 6) is 0. The van der Waals surface area contributed by atoms with Crippen LogP contribution in [-0.2, 0) is 14.2 Å². The molecule has 0 aromatic carbocycles. The van der Waals surface area contributed by atoms with Crippen LogP contribution in [0.25, 0.3) is 0 Å². The summed E-state index contributed by atoms with van der Waals surface area (Å²) in [6.45, 7) is 4.29. The lowest BCUT2D eigenvalue weighted by atomic mass is 9.91. The number of rotatable bonds is 12. The maximum Gasteiger partial charge on any atom is 0.100 e. The molecule has 0 N–H and O–H groups in total. The van der Waals surface area contributed by atoms with Crippen molar-refractivity contribution >= 4 is 11.6 Å². The van der Waals surface area contributed by atoms with Gasteiger partial charge in [-0.2, -0.15) is 0 Å². The van der Waals surface area contributed by atoms with Crippen LogP contribution in [0.3, 0.4) is 0 Å².